The summed E-state index contributed by atoms with van der Waals surface area (Å²) in [5.41, 5.74) is -0.0944. The molecule has 1 rings (SSSR count). The van der Waals surface area contributed by atoms with Crippen LogP contribution in [0.2, 0.25) is 0 Å². The SMILES string of the molecule is COC(=O)c1cc(COC(C)(C)C)on1. The number of nitrogens with zero attached hydrogens (tertiary/aromatic N) is 1. The van der Waals surface area contributed by atoms with Gasteiger partial charge in [-0.2, -0.15) is 0 Å². The summed E-state index contributed by atoms with van der Waals surface area (Å²) in [5.74, 6) is -0.00826. The van der Waals surface area contributed by atoms with Crippen molar-refractivity contribution in [2.75, 3.05) is 7.11 Å². The van der Waals surface area contributed by atoms with E-state index in [1.54, 1.807) is 0 Å². The molecule has 5 heteroatoms. The number of hydrogen-bond acceptors (Lipinski definition) is 5. The van der Waals surface area contributed by atoms with Crippen LogP contribution in [0.5, 0.6) is 0 Å². The fourth-order valence-electron chi connectivity index (χ4n) is 0.869. The van der Waals surface area contributed by atoms with Crippen molar-refractivity contribution in [1.82, 2.24) is 5.16 Å². The maximum atomic E-state index is 11.0. The molecule has 1 aromatic rings. The molecule has 1 heterocycles. The lowest BCUT2D eigenvalue weighted by Gasteiger charge is -2.17. The second kappa shape index (κ2) is 4.44. The van der Waals surface area contributed by atoms with Gasteiger partial charge in [0.1, 0.15) is 6.61 Å². The predicted octanol–water partition coefficient (Wildman–Crippen LogP) is 1.78. The Hall–Kier alpha value is -1.36. The highest BCUT2D eigenvalue weighted by molar-refractivity contribution is 5.86. The average molecular weight is 213 g/mol. The second-order valence-corrected chi connectivity index (χ2v) is 4.07. The van der Waals surface area contributed by atoms with Gasteiger partial charge in [0.25, 0.3) is 0 Å². The highest BCUT2D eigenvalue weighted by atomic mass is 16.5. The number of rotatable bonds is 3. The number of carbonyl (C=O) groups excluding carboxylic acids is 1. The van der Waals surface area contributed by atoms with Gasteiger partial charge in [0.15, 0.2) is 11.5 Å². The van der Waals surface area contributed by atoms with Gasteiger partial charge >= 0.3 is 5.97 Å². The van der Waals surface area contributed by atoms with Crippen molar-refractivity contribution in [2.24, 2.45) is 0 Å². The molecule has 0 spiro atoms. The number of methoxy groups -OCH3 is 1. The smallest absolute Gasteiger partial charge is 0.360 e. The summed E-state index contributed by atoms with van der Waals surface area (Å²) in [6.45, 7) is 6.09. The number of carbonyl (C=O) groups is 1. The maximum absolute atomic E-state index is 11.0. The summed E-state index contributed by atoms with van der Waals surface area (Å²) in [6.07, 6.45) is 0. The first-order valence-corrected chi connectivity index (χ1v) is 4.60. The summed E-state index contributed by atoms with van der Waals surface area (Å²) in [5, 5.41) is 3.56. The fraction of sp³-hybridized carbons (Fsp3) is 0.600. The summed E-state index contributed by atoms with van der Waals surface area (Å²) in [7, 11) is 1.29. The molecule has 0 unspecified atom stereocenters. The van der Waals surface area contributed by atoms with E-state index < -0.39 is 5.97 Å². The Morgan fingerprint density at radius 1 is 1.53 bits per heavy atom. The highest BCUT2D eigenvalue weighted by Gasteiger charge is 2.15. The predicted molar refractivity (Wildman–Crippen MR) is 52.4 cm³/mol. The molecule has 0 saturated carbocycles. The fourth-order valence-corrected chi connectivity index (χ4v) is 0.869. The summed E-state index contributed by atoms with van der Waals surface area (Å²) < 4.78 is 14.9. The molecule has 0 saturated heterocycles. The zero-order valence-electron chi connectivity index (χ0n) is 9.36. The lowest BCUT2D eigenvalue weighted by molar-refractivity contribution is -0.0241. The number of hydrogen-bond donors (Lipinski definition) is 0. The first-order valence-electron chi connectivity index (χ1n) is 4.60. The first-order chi connectivity index (χ1) is 6.92. The Balaban J connectivity index is 2.57. The molecule has 84 valence electrons. The van der Waals surface area contributed by atoms with E-state index in [4.69, 9.17) is 9.26 Å². The van der Waals surface area contributed by atoms with E-state index in [0.29, 0.717) is 5.76 Å². The molecule has 0 aromatic carbocycles. The molecule has 0 aliphatic heterocycles. The molecule has 0 atom stereocenters. The highest BCUT2D eigenvalue weighted by Crippen LogP contribution is 2.12. The molecule has 0 N–H and O–H groups in total. The van der Waals surface area contributed by atoms with Gasteiger partial charge < -0.3 is 14.0 Å². The van der Waals surface area contributed by atoms with E-state index in [-0.39, 0.29) is 17.9 Å². The summed E-state index contributed by atoms with van der Waals surface area (Å²) in [6, 6.07) is 1.51. The first kappa shape index (κ1) is 11.7. The maximum Gasteiger partial charge on any atom is 0.360 e. The average Bonchev–Trinajstić information content (AvgIpc) is 2.61. The van der Waals surface area contributed by atoms with Crippen LogP contribution < -0.4 is 0 Å². The summed E-state index contributed by atoms with van der Waals surface area (Å²) in [4.78, 5) is 11.0. The van der Waals surface area contributed by atoms with Crippen molar-refractivity contribution >= 4 is 5.97 Å². The largest absolute Gasteiger partial charge is 0.464 e. The molecule has 0 aliphatic carbocycles. The Labute approximate surface area is 88.3 Å². The van der Waals surface area contributed by atoms with Gasteiger partial charge in [-0.3, -0.25) is 0 Å². The molecule has 0 aliphatic rings. The topological polar surface area (TPSA) is 61.6 Å². The molecule has 15 heavy (non-hydrogen) atoms. The van der Waals surface area contributed by atoms with E-state index >= 15 is 0 Å². The minimum absolute atomic E-state index is 0.157. The van der Waals surface area contributed by atoms with Crippen LogP contribution in [-0.4, -0.2) is 23.8 Å². The number of esters is 1. The van der Waals surface area contributed by atoms with Crippen LogP contribution in [-0.2, 0) is 16.1 Å². The van der Waals surface area contributed by atoms with Crippen LogP contribution in [0, 0.1) is 0 Å². The molecule has 0 fully saturated rings. The quantitative estimate of drug-likeness (QED) is 0.716. The second-order valence-electron chi connectivity index (χ2n) is 4.07. The van der Waals surface area contributed by atoms with Crippen molar-refractivity contribution in [2.45, 2.75) is 33.0 Å². The van der Waals surface area contributed by atoms with Crippen molar-refractivity contribution in [3.05, 3.63) is 17.5 Å². The standard InChI is InChI=1S/C10H15NO4/c1-10(2,3)14-6-7-5-8(11-15-7)9(12)13-4/h5H,6H2,1-4H3. The third-order valence-corrected chi connectivity index (χ3v) is 1.60. The zero-order chi connectivity index (χ0) is 11.5. The van der Waals surface area contributed by atoms with Crippen LogP contribution in [0.3, 0.4) is 0 Å². The van der Waals surface area contributed by atoms with Crippen molar-refractivity contribution in [1.29, 1.82) is 0 Å². The molecule has 0 radical (unpaired) electrons. The molecule has 0 amide bonds. The van der Waals surface area contributed by atoms with Gasteiger partial charge in [0.05, 0.1) is 12.7 Å². The van der Waals surface area contributed by atoms with E-state index in [2.05, 4.69) is 9.89 Å². The van der Waals surface area contributed by atoms with E-state index in [1.807, 2.05) is 20.8 Å². The van der Waals surface area contributed by atoms with Crippen molar-refractivity contribution in [3.8, 4) is 0 Å². The third-order valence-electron chi connectivity index (χ3n) is 1.60. The van der Waals surface area contributed by atoms with Gasteiger partial charge in [-0.15, -0.1) is 0 Å². The molecule has 0 bridgehead atoms. The Bertz CT molecular complexity index is 337. The third kappa shape index (κ3) is 3.71. The number of ether oxygens (including phenoxy) is 2. The molecule has 1 aromatic heterocycles. The van der Waals surface area contributed by atoms with Crippen molar-refractivity contribution < 1.29 is 18.8 Å². The van der Waals surface area contributed by atoms with E-state index in [0.717, 1.165) is 0 Å². The molecular formula is C10H15NO4. The number of aromatic nitrogens is 1. The van der Waals surface area contributed by atoms with Gasteiger partial charge in [-0.05, 0) is 20.8 Å². The monoisotopic (exact) mass is 213 g/mol. The Kier molecular flexibility index (Phi) is 3.47. The van der Waals surface area contributed by atoms with Crippen LogP contribution in [0.25, 0.3) is 0 Å². The lowest BCUT2D eigenvalue weighted by atomic mass is 10.2. The Morgan fingerprint density at radius 3 is 2.73 bits per heavy atom. The van der Waals surface area contributed by atoms with Gasteiger partial charge in [-0.1, -0.05) is 5.16 Å². The van der Waals surface area contributed by atoms with Crippen LogP contribution >= 0.6 is 0 Å². The van der Waals surface area contributed by atoms with Crippen LogP contribution in [0.1, 0.15) is 37.0 Å². The van der Waals surface area contributed by atoms with Crippen LogP contribution in [0.15, 0.2) is 10.6 Å². The van der Waals surface area contributed by atoms with Gasteiger partial charge in [0.2, 0.25) is 0 Å². The van der Waals surface area contributed by atoms with Gasteiger partial charge in [0, 0.05) is 6.07 Å². The lowest BCUT2D eigenvalue weighted by Crippen LogP contribution is -2.18. The Morgan fingerprint density at radius 2 is 2.20 bits per heavy atom. The minimum Gasteiger partial charge on any atom is -0.464 e. The zero-order valence-corrected chi connectivity index (χ0v) is 9.36. The summed E-state index contributed by atoms with van der Waals surface area (Å²) >= 11 is 0. The normalized spacial score (nSPS) is 11.5. The minimum atomic E-state index is -0.513. The molecule has 5 nitrogen and oxygen atoms in total. The van der Waals surface area contributed by atoms with E-state index in [1.165, 1.54) is 13.2 Å². The van der Waals surface area contributed by atoms with Gasteiger partial charge in [-0.25, -0.2) is 4.79 Å². The van der Waals surface area contributed by atoms with E-state index in [9.17, 15) is 4.79 Å². The van der Waals surface area contributed by atoms with Crippen molar-refractivity contribution in [3.63, 3.8) is 0 Å². The van der Waals surface area contributed by atoms with Crippen LogP contribution in [0.4, 0.5) is 0 Å². The molecular weight excluding hydrogens is 198 g/mol.